The number of non-ortho nitro benzene ring substituents is 1. The molecule has 0 aliphatic rings. The van der Waals surface area contributed by atoms with Gasteiger partial charge in [-0.3, -0.25) is 19.7 Å². The van der Waals surface area contributed by atoms with E-state index in [9.17, 15) is 24.5 Å². The molecule has 2 amide bonds. The molecule has 2 aromatic rings. The number of nitro groups is 1. The van der Waals surface area contributed by atoms with Crippen LogP contribution in [0.4, 0.5) is 17.1 Å². The second kappa shape index (κ2) is 7.88. The first-order chi connectivity index (χ1) is 12.3. The van der Waals surface area contributed by atoms with E-state index in [1.54, 1.807) is 24.3 Å². The second-order valence-corrected chi connectivity index (χ2v) is 5.23. The average Bonchev–Trinajstić information content (AvgIpc) is 2.61. The first-order valence-corrected chi connectivity index (χ1v) is 7.37. The molecule has 0 heterocycles. The highest BCUT2D eigenvalue weighted by Crippen LogP contribution is 2.20. The number of nitrogens with one attached hydrogen (secondary N) is 2. The molecule has 0 saturated heterocycles. The molecule has 0 aliphatic heterocycles. The van der Waals surface area contributed by atoms with Crippen molar-refractivity contribution in [1.29, 1.82) is 0 Å². The zero-order valence-electron chi connectivity index (χ0n) is 13.9. The minimum absolute atomic E-state index is 0.0643. The maximum atomic E-state index is 12.4. The standard InChI is InChI=1S/C17H15N3O6/c1-10(21)18-13-3-5-14(6-4-13)19-16(22)11-7-12(17(23)26-2)9-15(8-11)20(24)25/h3-9H,1-2H3,(H,18,21)(H,19,22). The number of ether oxygens (including phenoxy) is 1. The topological polar surface area (TPSA) is 128 Å². The van der Waals surface area contributed by atoms with Crippen LogP contribution in [0.3, 0.4) is 0 Å². The SMILES string of the molecule is COC(=O)c1cc(C(=O)Nc2ccc(NC(C)=O)cc2)cc([N+](=O)[O-])c1. The van der Waals surface area contributed by atoms with Crippen molar-refractivity contribution in [3.05, 3.63) is 63.7 Å². The highest BCUT2D eigenvalue weighted by molar-refractivity contribution is 6.06. The summed E-state index contributed by atoms with van der Waals surface area (Å²) in [4.78, 5) is 45.3. The van der Waals surface area contributed by atoms with Gasteiger partial charge in [0.15, 0.2) is 0 Å². The predicted octanol–water partition coefficient (Wildman–Crippen LogP) is 2.59. The van der Waals surface area contributed by atoms with E-state index in [-0.39, 0.29) is 17.0 Å². The largest absolute Gasteiger partial charge is 0.465 e. The predicted molar refractivity (Wildman–Crippen MR) is 93.1 cm³/mol. The molecule has 0 fully saturated rings. The van der Waals surface area contributed by atoms with Crippen LogP contribution in [0.1, 0.15) is 27.6 Å². The van der Waals surface area contributed by atoms with Crippen LogP contribution < -0.4 is 10.6 Å². The monoisotopic (exact) mass is 357 g/mol. The van der Waals surface area contributed by atoms with Gasteiger partial charge in [0.2, 0.25) is 5.91 Å². The number of benzene rings is 2. The van der Waals surface area contributed by atoms with Crippen molar-refractivity contribution >= 4 is 34.8 Å². The van der Waals surface area contributed by atoms with Gasteiger partial charge in [-0.05, 0) is 30.3 Å². The normalized spacial score (nSPS) is 9.92. The number of nitro benzene ring substituents is 1. The maximum Gasteiger partial charge on any atom is 0.338 e. The molecule has 9 heteroatoms. The Balaban J connectivity index is 2.25. The Bertz CT molecular complexity index is 877. The molecule has 0 spiro atoms. The molecule has 0 aliphatic carbocycles. The average molecular weight is 357 g/mol. The molecule has 0 atom stereocenters. The van der Waals surface area contributed by atoms with Crippen molar-refractivity contribution in [2.45, 2.75) is 6.92 Å². The highest BCUT2D eigenvalue weighted by Gasteiger charge is 2.18. The summed E-state index contributed by atoms with van der Waals surface area (Å²) in [5.41, 5.74) is 0.395. The number of carbonyl (C=O) groups is 3. The molecule has 0 bridgehead atoms. The summed E-state index contributed by atoms with van der Waals surface area (Å²) < 4.78 is 4.54. The van der Waals surface area contributed by atoms with Gasteiger partial charge in [-0.2, -0.15) is 0 Å². The van der Waals surface area contributed by atoms with Crippen LogP contribution >= 0.6 is 0 Å². The third kappa shape index (κ3) is 4.63. The van der Waals surface area contributed by atoms with Crippen LogP contribution in [0, 0.1) is 10.1 Å². The zero-order valence-corrected chi connectivity index (χ0v) is 13.9. The second-order valence-electron chi connectivity index (χ2n) is 5.23. The number of methoxy groups -OCH3 is 1. The fraction of sp³-hybridized carbons (Fsp3) is 0.118. The summed E-state index contributed by atoms with van der Waals surface area (Å²) in [5.74, 6) is -1.65. The Morgan fingerprint density at radius 2 is 1.50 bits per heavy atom. The van der Waals surface area contributed by atoms with E-state index < -0.39 is 22.5 Å². The highest BCUT2D eigenvalue weighted by atomic mass is 16.6. The minimum atomic E-state index is -0.789. The first kappa shape index (κ1) is 18.6. The van der Waals surface area contributed by atoms with E-state index in [1.807, 2.05) is 0 Å². The van der Waals surface area contributed by atoms with Gasteiger partial charge in [-0.25, -0.2) is 4.79 Å². The van der Waals surface area contributed by atoms with Crippen LogP contribution in [-0.4, -0.2) is 29.8 Å². The summed E-state index contributed by atoms with van der Waals surface area (Å²) in [6, 6.07) is 9.59. The molecule has 2 N–H and O–H groups in total. The van der Waals surface area contributed by atoms with E-state index in [0.717, 1.165) is 19.2 Å². The Kier molecular flexibility index (Phi) is 5.63. The lowest BCUT2D eigenvalue weighted by atomic mass is 10.1. The number of hydrogen-bond donors (Lipinski definition) is 2. The van der Waals surface area contributed by atoms with Crippen molar-refractivity contribution in [1.82, 2.24) is 0 Å². The van der Waals surface area contributed by atoms with Gasteiger partial charge >= 0.3 is 5.97 Å². The summed E-state index contributed by atoms with van der Waals surface area (Å²) in [6.45, 7) is 1.37. The van der Waals surface area contributed by atoms with Gasteiger partial charge in [-0.15, -0.1) is 0 Å². The van der Waals surface area contributed by atoms with Crippen molar-refractivity contribution in [2.75, 3.05) is 17.7 Å². The maximum absolute atomic E-state index is 12.4. The lowest BCUT2D eigenvalue weighted by molar-refractivity contribution is -0.384. The van der Waals surface area contributed by atoms with E-state index >= 15 is 0 Å². The molecule has 0 radical (unpaired) electrons. The third-order valence-corrected chi connectivity index (χ3v) is 3.28. The molecule has 0 saturated carbocycles. The number of amides is 2. The fourth-order valence-electron chi connectivity index (χ4n) is 2.13. The van der Waals surface area contributed by atoms with Crippen molar-refractivity contribution < 1.29 is 24.0 Å². The number of esters is 1. The summed E-state index contributed by atoms with van der Waals surface area (Å²) in [6.07, 6.45) is 0. The lowest BCUT2D eigenvalue weighted by Crippen LogP contribution is -2.14. The molecule has 2 aromatic carbocycles. The lowest BCUT2D eigenvalue weighted by Gasteiger charge is -2.08. The molecule has 134 valence electrons. The van der Waals surface area contributed by atoms with Crippen molar-refractivity contribution in [2.24, 2.45) is 0 Å². The third-order valence-electron chi connectivity index (χ3n) is 3.28. The van der Waals surface area contributed by atoms with Gasteiger partial charge in [0.05, 0.1) is 17.6 Å². The number of hydrogen-bond acceptors (Lipinski definition) is 6. The summed E-state index contributed by atoms with van der Waals surface area (Å²) >= 11 is 0. The number of anilines is 2. The van der Waals surface area contributed by atoms with Gasteiger partial charge in [0.25, 0.3) is 11.6 Å². The molecule has 0 aromatic heterocycles. The molecule has 26 heavy (non-hydrogen) atoms. The summed E-state index contributed by atoms with van der Waals surface area (Å²) in [7, 11) is 1.14. The number of rotatable bonds is 5. The molecule has 2 rings (SSSR count). The summed E-state index contributed by atoms with van der Waals surface area (Å²) in [5, 5.41) is 16.2. The van der Waals surface area contributed by atoms with Crippen molar-refractivity contribution in [3.63, 3.8) is 0 Å². The Morgan fingerprint density at radius 3 is 2.00 bits per heavy atom. The smallest absolute Gasteiger partial charge is 0.338 e. The Hall–Kier alpha value is -3.75. The Morgan fingerprint density at radius 1 is 0.962 bits per heavy atom. The van der Waals surface area contributed by atoms with E-state index in [4.69, 9.17) is 0 Å². The zero-order chi connectivity index (χ0) is 19.3. The van der Waals surface area contributed by atoms with Crippen molar-refractivity contribution in [3.8, 4) is 0 Å². The van der Waals surface area contributed by atoms with Crippen LogP contribution in [0.5, 0.6) is 0 Å². The number of carbonyl (C=O) groups excluding carboxylic acids is 3. The Labute approximate surface area is 148 Å². The van der Waals surface area contributed by atoms with Crippen LogP contribution in [0.15, 0.2) is 42.5 Å². The minimum Gasteiger partial charge on any atom is -0.465 e. The van der Waals surface area contributed by atoms with Crippen LogP contribution in [0.25, 0.3) is 0 Å². The van der Waals surface area contributed by atoms with Gasteiger partial charge in [0.1, 0.15) is 0 Å². The molecular weight excluding hydrogens is 342 g/mol. The quantitative estimate of drug-likeness (QED) is 0.481. The molecule has 9 nitrogen and oxygen atoms in total. The molecule has 0 unspecified atom stereocenters. The van der Waals surface area contributed by atoms with Gasteiger partial charge in [-0.1, -0.05) is 0 Å². The van der Waals surface area contributed by atoms with E-state index in [2.05, 4.69) is 15.4 Å². The van der Waals surface area contributed by atoms with Crippen LogP contribution in [0.2, 0.25) is 0 Å². The fourth-order valence-corrected chi connectivity index (χ4v) is 2.13. The van der Waals surface area contributed by atoms with Crippen LogP contribution in [-0.2, 0) is 9.53 Å². The molecular formula is C17H15N3O6. The van der Waals surface area contributed by atoms with E-state index in [0.29, 0.717) is 11.4 Å². The first-order valence-electron chi connectivity index (χ1n) is 7.37. The number of nitrogens with zero attached hydrogens (tertiary/aromatic N) is 1. The van der Waals surface area contributed by atoms with Gasteiger partial charge < -0.3 is 15.4 Å². The van der Waals surface area contributed by atoms with Gasteiger partial charge in [0, 0.05) is 36.0 Å². The van der Waals surface area contributed by atoms with E-state index in [1.165, 1.54) is 13.0 Å².